The Bertz CT molecular complexity index is 203. The summed E-state index contributed by atoms with van der Waals surface area (Å²) in [4.78, 5) is 13.6. The number of hydrogen-bond donors (Lipinski definition) is 0. The van der Waals surface area contributed by atoms with Gasteiger partial charge in [-0.15, -0.1) is 0 Å². The van der Waals surface area contributed by atoms with E-state index in [1.54, 1.807) is 0 Å². The maximum absolute atomic E-state index is 10.2. The van der Waals surface area contributed by atoms with Crippen molar-refractivity contribution in [2.75, 3.05) is 27.2 Å². The molecule has 5 nitrogen and oxygen atoms in total. The highest BCUT2D eigenvalue weighted by molar-refractivity contribution is 4.97. The Morgan fingerprint density at radius 1 is 1.42 bits per heavy atom. The predicted octanol–water partition coefficient (Wildman–Crippen LogP) is 0.329. The maximum Gasteiger partial charge on any atom is 0.274 e. The smallest absolute Gasteiger partial charge is 0.274 e. The highest BCUT2D eigenvalue weighted by atomic mass is 16.6. The third-order valence-corrected chi connectivity index (χ3v) is 1.99. The molecule has 1 aliphatic heterocycles. The summed E-state index contributed by atoms with van der Waals surface area (Å²) in [5.41, 5.74) is 0. The minimum absolute atomic E-state index is 0.409. The normalized spacial score (nSPS) is 18.0. The van der Waals surface area contributed by atoms with Crippen LogP contribution in [0.2, 0.25) is 0 Å². The van der Waals surface area contributed by atoms with Crippen molar-refractivity contribution >= 4 is 0 Å². The lowest BCUT2D eigenvalue weighted by Gasteiger charge is -2.33. The van der Waals surface area contributed by atoms with Crippen molar-refractivity contribution in [3.8, 4) is 0 Å². The van der Waals surface area contributed by atoms with Crippen molar-refractivity contribution in [2.24, 2.45) is 0 Å². The number of nitrogens with zero attached hydrogens (tertiary/aromatic N) is 3. The van der Waals surface area contributed by atoms with Crippen molar-refractivity contribution in [2.45, 2.75) is 6.42 Å². The Balaban J connectivity index is 2.75. The van der Waals surface area contributed by atoms with Gasteiger partial charge in [-0.05, 0) is 6.42 Å². The first-order chi connectivity index (χ1) is 5.61. The predicted molar refractivity (Wildman–Crippen MR) is 45.0 cm³/mol. The Morgan fingerprint density at radius 2 is 1.92 bits per heavy atom. The van der Waals surface area contributed by atoms with E-state index < -0.39 is 4.92 Å². The molecule has 0 aliphatic carbocycles. The molecule has 0 atom stereocenters. The molecule has 0 aromatic heterocycles. The maximum atomic E-state index is 10.2. The molecule has 0 saturated carbocycles. The monoisotopic (exact) mass is 171 g/mol. The van der Waals surface area contributed by atoms with Crippen molar-refractivity contribution in [1.82, 2.24) is 9.80 Å². The fourth-order valence-corrected chi connectivity index (χ4v) is 1.36. The Morgan fingerprint density at radius 3 is 2.33 bits per heavy atom. The van der Waals surface area contributed by atoms with Gasteiger partial charge in [0.1, 0.15) is 0 Å². The summed E-state index contributed by atoms with van der Waals surface area (Å²) in [5.74, 6) is 0.686. The molecule has 0 unspecified atom stereocenters. The van der Waals surface area contributed by atoms with E-state index in [2.05, 4.69) is 0 Å². The molecule has 0 spiro atoms. The standard InChI is InChI=1S/C7H13N3O2/c1-8-4-3-5-9(2)7(8)6-10(11)12/h6H,3-5H2,1-2H3. The Labute approximate surface area is 71.4 Å². The second kappa shape index (κ2) is 3.42. The van der Waals surface area contributed by atoms with Gasteiger partial charge in [0.2, 0.25) is 0 Å². The van der Waals surface area contributed by atoms with E-state index >= 15 is 0 Å². The molecular weight excluding hydrogens is 158 g/mol. The van der Waals surface area contributed by atoms with Crippen LogP contribution in [0.5, 0.6) is 0 Å². The van der Waals surface area contributed by atoms with E-state index in [4.69, 9.17) is 0 Å². The summed E-state index contributed by atoms with van der Waals surface area (Å²) >= 11 is 0. The third-order valence-electron chi connectivity index (χ3n) is 1.99. The van der Waals surface area contributed by atoms with Crippen LogP contribution in [0.3, 0.4) is 0 Å². The summed E-state index contributed by atoms with van der Waals surface area (Å²) in [5, 5.41) is 10.2. The molecule has 0 aromatic carbocycles. The van der Waals surface area contributed by atoms with Crippen LogP contribution in [0.25, 0.3) is 0 Å². The summed E-state index contributed by atoms with van der Waals surface area (Å²) in [7, 11) is 3.73. The average Bonchev–Trinajstić information content (AvgIpc) is 1.97. The quantitative estimate of drug-likeness (QED) is 0.421. The van der Waals surface area contributed by atoms with Crippen LogP contribution in [0.1, 0.15) is 6.42 Å². The first-order valence-corrected chi connectivity index (χ1v) is 3.89. The van der Waals surface area contributed by atoms with Crippen LogP contribution < -0.4 is 0 Å². The zero-order valence-electron chi connectivity index (χ0n) is 7.36. The topological polar surface area (TPSA) is 49.6 Å². The molecule has 0 amide bonds. The van der Waals surface area contributed by atoms with Gasteiger partial charge in [-0.25, -0.2) is 0 Å². The molecule has 5 heteroatoms. The van der Waals surface area contributed by atoms with Gasteiger partial charge in [0.15, 0.2) is 5.82 Å². The Hall–Kier alpha value is -1.26. The van der Waals surface area contributed by atoms with Crippen LogP contribution >= 0.6 is 0 Å². The lowest BCUT2D eigenvalue weighted by molar-refractivity contribution is -0.405. The summed E-state index contributed by atoms with van der Waals surface area (Å²) in [6, 6.07) is 0. The van der Waals surface area contributed by atoms with E-state index in [0.29, 0.717) is 5.82 Å². The van der Waals surface area contributed by atoms with Gasteiger partial charge in [-0.2, -0.15) is 0 Å². The molecule has 12 heavy (non-hydrogen) atoms. The van der Waals surface area contributed by atoms with Gasteiger partial charge in [-0.3, -0.25) is 10.1 Å². The molecule has 1 saturated heterocycles. The number of hydrogen-bond acceptors (Lipinski definition) is 4. The van der Waals surface area contributed by atoms with Crippen LogP contribution in [-0.2, 0) is 0 Å². The molecule has 0 bridgehead atoms. The van der Waals surface area contributed by atoms with E-state index in [0.717, 1.165) is 25.7 Å². The van der Waals surface area contributed by atoms with E-state index in [9.17, 15) is 10.1 Å². The Kier molecular flexibility index (Phi) is 2.52. The van der Waals surface area contributed by atoms with Gasteiger partial charge in [-0.1, -0.05) is 0 Å². The molecule has 68 valence electrons. The zero-order valence-corrected chi connectivity index (χ0v) is 7.36. The van der Waals surface area contributed by atoms with Crippen LogP contribution in [0.15, 0.2) is 12.0 Å². The van der Waals surface area contributed by atoms with Gasteiger partial charge >= 0.3 is 0 Å². The van der Waals surface area contributed by atoms with Gasteiger partial charge in [0.05, 0.1) is 4.92 Å². The fourth-order valence-electron chi connectivity index (χ4n) is 1.36. The second-order valence-electron chi connectivity index (χ2n) is 2.97. The minimum atomic E-state index is -0.409. The average molecular weight is 171 g/mol. The van der Waals surface area contributed by atoms with Gasteiger partial charge in [0, 0.05) is 27.2 Å². The lowest BCUT2D eigenvalue weighted by Crippen LogP contribution is -2.38. The molecule has 1 rings (SSSR count). The van der Waals surface area contributed by atoms with E-state index in [1.165, 1.54) is 0 Å². The van der Waals surface area contributed by atoms with Gasteiger partial charge < -0.3 is 9.80 Å². The van der Waals surface area contributed by atoms with E-state index in [1.807, 2.05) is 23.9 Å². The SMILES string of the molecule is CN1CCCN(C)C1=C[N+](=O)[O-]. The van der Waals surface area contributed by atoms with Crippen molar-refractivity contribution in [1.29, 1.82) is 0 Å². The second-order valence-corrected chi connectivity index (χ2v) is 2.97. The van der Waals surface area contributed by atoms with Crippen molar-refractivity contribution < 1.29 is 4.92 Å². The molecule has 1 heterocycles. The van der Waals surface area contributed by atoms with Crippen LogP contribution in [0, 0.1) is 10.1 Å². The molecule has 0 aromatic rings. The molecule has 1 fully saturated rings. The molecule has 0 radical (unpaired) electrons. The summed E-state index contributed by atoms with van der Waals surface area (Å²) < 4.78 is 0. The molecule has 0 N–H and O–H groups in total. The summed E-state index contributed by atoms with van der Waals surface area (Å²) in [6.45, 7) is 1.79. The van der Waals surface area contributed by atoms with Gasteiger partial charge in [0.25, 0.3) is 6.20 Å². The minimum Gasteiger partial charge on any atom is -0.356 e. The first-order valence-electron chi connectivity index (χ1n) is 3.89. The van der Waals surface area contributed by atoms with Crippen molar-refractivity contribution in [3.05, 3.63) is 22.1 Å². The van der Waals surface area contributed by atoms with Crippen molar-refractivity contribution in [3.63, 3.8) is 0 Å². The third kappa shape index (κ3) is 1.87. The first kappa shape index (κ1) is 8.83. The van der Waals surface area contributed by atoms with Crippen LogP contribution in [0.4, 0.5) is 0 Å². The number of rotatable bonds is 1. The largest absolute Gasteiger partial charge is 0.356 e. The fraction of sp³-hybridized carbons (Fsp3) is 0.714. The highest BCUT2D eigenvalue weighted by Gasteiger charge is 2.18. The lowest BCUT2D eigenvalue weighted by atomic mass is 10.3. The van der Waals surface area contributed by atoms with E-state index in [-0.39, 0.29) is 0 Å². The van der Waals surface area contributed by atoms with Crippen LogP contribution in [-0.4, -0.2) is 41.9 Å². The number of nitro groups is 1. The highest BCUT2D eigenvalue weighted by Crippen LogP contribution is 2.13. The summed E-state index contributed by atoms with van der Waals surface area (Å²) in [6.07, 6.45) is 2.11. The zero-order chi connectivity index (χ0) is 9.14. The molecular formula is C7H13N3O2. The molecule has 1 aliphatic rings.